The highest BCUT2D eigenvalue weighted by Gasteiger charge is 2.11. The molecule has 0 aliphatic carbocycles. The Morgan fingerprint density at radius 3 is 2.10 bits per heavy atom. The van der Waals surface area contributed by atoms with Gasteiger partial charge in [0, 0.05) is 5.56 Å². The van der Waals surface area contributed by atoms with Crippen LogP contribution in [0.5, 0.6) is 5.75 Å². The van der Waals surface area contributed by atoms with E-state index in [-0.39, 0.29) is 18.1 Å². The lowest BCUT2D eigenvalue weighted by Gasteiger charge is -2.05. The highest BCUT2D eigenvalue weighted by molar-refractivity contribution is 5.99. The number of benzene rings is 2. The molecule has 2 rings (SSSR count). The molecule has 0 saturated heterocycles. The van der Waals surface area contributed by atoms with Gasteiger partial charge in [-0.1, -0.05) is 31.2 Å². The normalized spacial score (nSPS) is 10.1. The molecule has 4 nitrogen and oxygen atoms in total. The molecule has 21 heavy (non-hydrogen) atoms. The summed E-state index contributed by atoms with van der Waals surface area (Å²) >= 11 is 0. The minimum Gasteiger partial charge on any atom is -0.508 e. The Bertz CT molecular complexity index is 627. The summed E-state index contributed by atoms with van der Waals surface area (Å²) in [5.74, 6) is -0.767. The monoisotopic (exact) mass is 284 g/mol. The average molecular weight is 284 g/mol. The largest absolute Gasteiger partial charge is 0.508 e. The number of ether oxygens (including phenoxy) is 1. The summed E-state index contributed by atoms with van der Waals surface area (Å²) in [5.41, 5.74) is 1.96. The number of Topliss-reactive ketones (excluding diaryl/α,β-unsaturated/α-hetero) is 1. The van der Waals surface area contributed by atoms with Crippen LogP contribution in [0.4, 0.5) is 0 Å². The van der Waals surface area contributed by atoms with Gasteiger partial charge >= 0.3 is 5.97 Å². The van der Waals surface area contributed by atoms with Crippen molar-refractivity contribution >= 4 is 11.8 Å². The van der Waals surface area contributed by atoms with Crippen LogP contribution >= 0.6 is 0 Å². The van der Waals surface area contributed by atoms with Gasteiger partial charge in [0.25, 0.3) is 0 Å². The summed E-state index contributed by atoms with van der Waals surface area (Å²) in [6, 6.07) is 12.9. The SMILES string of the molecule is CCc1ccc(C(=O)COC(=O)c2ccc(O)cc2)cc1. The lowest BCUT2D eigenvalue weighted by Crippen LogP contribution is -2.14. The fourth-order valence-electron chi connectivity index (χ4n) is 1.82. The molecule has 0 aromatic heterocycles. The molecule has 2 aromatic rings. The number of hydrogen-bond acceptors (Lipinski definition) is 4. The molecular formula is C17H16O4. The van der Waals surface area contributed by atoms with Gasteiger partial charge in [0.15, 0.2) is 12.4 Å². The fourth-order valence-corrected chi connectivity index (χ4v) is 1.82. The summed E-state index contributed by atoms with van der Waals surface area (Å²) in [6.45, 7) is 1.74. The van der Waals surface area contributed by atoms with Crippen molar-refractivity contribution in [3.63, 3.8) is 0 Å². The van der Waals surface area contributed by atoms with Crippen molar-refractivity contribution < 1.29 is 19.4 Å². The van der Waals surface area contributed by atoms with Crippen LogP contribution in [0.2, 0.25) is 0 Å². The van der Waals surface area contributed by atoms with Crippen molar-refractivity contribution in [2.75, 3.05) is 6.61 Å². The van der Waals surface area contributed by atoms with E-state index in [0.29, 0.717) is 11.1 Å². The number of carbonyl (C=O) groups is 2. The predicted octanol–water partition coefficient (Wildman–Crippen LogP) is 2.99. The van der Waals surface area contributed by atoms with E-state index in [9.17, 15) is 9.59 Å². The Morgan fingerprint density at radius 2 is 1.52 bits per heavy atom. The molecule has 0 aliphatic rings. The van der Waals surface area contributed by atoms with E-state index >= 15 is 0 Å². The Labute approximate surface area is 123 Å². The zero-order valence-electron chi connectivity index (χ0n) is 11.7. The van der Waals surface area contributed by atoms with E-state index in [1.807, 2.05) is 19.1 Å². The Morgan fingerprint density at radius 1 is 0.952 bits per heavy atom. The third-order valence-corrected chi connectivity index (χ3v) is 3.12. The van der Waals surface area contributed by atoms with Gasteiger partial charge in [-0.05, 0) is 36.2 Å². The molecule has 0 aliphatic heterocycles. The molecule has 0 saturated carbocycles. The second kappa shape index (κ2) is 6.70. The number of ketones is 1. The molecule has 4 heteroatoms. The Hall–Kier alpha value is -2.62. The van der Waals surface area contributed by atoms with Gasteiger partial charge < -0.3 is 9.84 Å². The minimum atomic E-state index is -0.589. The molecule has 1 N–H and O–H groups in total. The molecule has 0 bridgehead atoms. The molecule has 0 fully saturated rings. The highest BCUT2D eigenvalue weighted by Crippen LogP contribution is 2.11. The number of rotatable bonds is 5. The van der Waals surface area contributed by atoms with E-state index in [1.165, 1.54) is 24.3 Å². The molecule has 0 radical (unpaired) electrons. The first-order valence-corrected chi connectivity index (χ1v) is 6.68. The fraction of sp³-hybridized carbons (Fsp3) is 0.176. The van der Waals surface area contributed by atoms with Gasteiger partial charge in [-0.3, -0.25) is 4.79 Å². The molecule has 0 heterocycles. The van der Waals surface area contributed by atoms with Crippen LogP contribution in [-0.2, 0) is 11.2 Å². The Balaban J connectivity index is 1.93. The molecule has 2 aromatic carbocycles. The third kappa shape index (κ3) is 3.92. The van der Waals surface area contributed by atoms with Crippen LogP contribution in [0.15, 0.2) is 48.5 Å². The van der Waals surface area contributed by atoms with Crippen LogP contribution in [0.1, 0.15) is 33.2 Å². The molecule has 0 spiro atoms. The third-order valence-electron chi connectivity index (χ3n) is 3.12. The number of phenols is 1. The van der Waals surface area contributed by atoms with E-state index < -0.39 is 5.97 Å². The van der Waals surface area contributed by atoms with Crippen LogP contribution in [-0.4, -0.2) is 23.5 Å². The standard InChI is InChI=1S/C17H16O4/c1-2-12-3-5-13(6-4-12)16(19)11-21-17(20)14-7-9-15(18)10-8-14/h3-10,18H,2,11H2,1H3. The van der Waals surface area contributed by atoms with Gasteiger partial charge in [-0.2, -0.15) is 0 Å². The summed E-state index contributed by atoms with van der Waals surface area (Å²) in [6.07, 6.45) is 0.907. The maximum absolute atomic E-state index is 11.9. The van der Waals surface area contributed by atoms with Gasteiger partial charge in [0.2, 0.25) is 0 Å². The summed E-state index contributed by atoms with van der Waals surface area (Å²) in [4.78, 5) is 23.7. The summed E-state index contributed by atoms with van der Waals surface area (Å²) in [5, 5.41) is 9.14. The summed E-state index contributed by atoms with van der Waals surface area (Å²) in [7, 11) is 0. The van der Waals surface area contributed by atoms with Gasteiger partial charge in [0.05, 0.1) is 5.56 Å². The van der Waals surface area contributed by atoms with Crippen LogP contribution < -0.4 is 0 Å². The van der Waals surface area contributed by atoms with Crippen LogP contribution in [0.3, 0.4) is 0 Å². The maximum atomic E-state index is 11.9. The number of phenolic OH excluding ortho intramolecular Hbond substituents is 1. The zero-order valence-corrected chi connectivity index (χ0v) is 11.7. The first-order chi connectivity index (χ1) is 10.1. The van der Waals surface area contributed by atoms with E-state index in [2.05, 4.69) is 0 Å². The van der Waals surface area contributed by atoms with Crippen molar-refractivity contribution in [2.24, 2.45) is 0 Å². The van der Waals surface area contributed by atoms with Gasteiger partial charge in [-0.25, -0.2) is 4.79 Å². The molecular weight excluding hydrogens is 268 g/mol. The maximum Gasteiger partial charge on any atom is 0.338 e. The molecule has 108 valence electrons. The van der Waals surface area contributed by atoms with E-state index in [1.54, 1.807) is 12.1 Å². The number of aromatic hydroxyl groups is 1. The smallest absolute Gasteiger partial charge is 0.338 e. The van der Waals surface area contributed by atoms with Crippen molar-refractivity contribution in [1.29, 1.82) is 0 Å². The molecule has 0 atom stereocenters. The number of aryl methyl sites for hydroxylation is 1. The topological polar surface area (TPSA) is 63.6 Å². The number of carbonyl (C=O) groups excluding carboxylic acids is 2. The van der Waals surface area contributed by atoms with Crippen LogP contribution in [0, 0.1) is 0 Å². The minimum absolute atomic E-state index is 0.0682. The van der Waals surface area contributed by atoms with E-state index in [4.69, 9.17) is 9.84 Å². The first-order valence-electron chi connectivity index (χ1n) is 6.68. The van der Waals surface area contributed by atoms with Crippen molar-refractivity contribution in [1.82, 2.24) is 0 Å². The zero-order chi connectivity index (χ0) is 15.2. The molecule has 0 amide bonds. The average Bonchev–Trinajstić information content (AvgIpc) is 2.53. The second-order valence-electron chi connectivity index (χ2n) is 4.60. The van der Waals surface area contributed by atoms with Crippen molar-refractivity contribution in [3.05, 3.63) is 65.2 Å². The number of esters is 1. The van der Waals surface area contributed by atoms with Crippen LogP contribution in [0.25, 0.3) is 0 Å². The lowest BCUT2D eigenvalue weighted by atomic mass is 10.1. The second-order valence-corrected chi connectivity index (χ2v) is 4.60. The summed E-state index contributed by atoms with van der Waals surface area (Å²) < 4.78 is 4.97. The molecule has 0 unspecified atom stereocenters. The highest BCUT2D eigenvalue weighted by atomic mass is 16.5. The predicted molar refractivity (Wildman–Crippen MR) is 78.5 cm³/mol. The lowest BCUT2D eigenvalue weighted by molar-refractivity contribution is 0.0474. The number of hydrogen-bond donors (Lipinski definition) is 1. The quantitative estimate of drug-likeness (QED) is 0.677. The Kier molecular flexibility index (Phi) is 4.72. The van der Waals surface area contributed by atoms with Gasteiger partial charge in [0.1, 0.15) is 5.75 Å². The van der Waals surface area contributed by atoms with Crippen molar-refractivity contribution in [3.8, 4) is 5.75 Å². The van der Waals surface area contributed by atoms with Gasteiger partial charge in [-0.15, -0.1) is 0 Å². The van der Waals surface area contributed by atoms with E-state index in [0.717, 1.165) is 12.0 Å². The van der Waals surface area contributed by atoms with Crippen molar-refractivity contribution in [2.45, 2.75) is 13.3 Å². The first kappa shape index (κ1) is 14.8.